The molecule has 0 unspecified atom stereocenters. The molecule has 0 aliphatic rings. The zero-order valence-corrected chi connectivity index (χ0v) is 12.2. The lowest BCUT2D eigenvalue weighted by atomic mass is 10.2. The molecule has 1 aromatic heterocycles. The van der Waals surface area contributed by atoms with Crippen LogP contribution in [0, 0.1) is 0 Å². The van der Waals surface area contributed by atoms with Crippen molar-refractivity contribution in [3.63, 3.8) is 0 Å². The predicted molar refractivity (Wildman–Crippen MR) is 76.5 cm³/mol. The van der Waals surface area contributed by atoms with Crippen molar-refractivity contribution < 1.29 is 9.47 Å². The van der Waals surface area contributed by atoms with Crippen LogP contribution in [0.1, 0.15) is 25.6 Å². The van der Waals surface area contributed by atoms with Gasteiger partial charge in [0.2, 0.25) is 0 Å². The molecule has 0 fully saturated rings. The summed E-state index contributed by atoms with van der Waals surface area (Å²) in [6, 6.07) is 1.79. The van der Waals surface area contributed by atoms with E-state index in [1.807, 2.05) is 13.8 Å². The van der Waals surface area contributed by atoms with Gasteiger partial charge in [-0.05, 0) is 0 Å². The van der Waals surface area contributed by atoms with E-state index in [1.165, 1.54) is 0 Å². The SMILES string of the molecule is COCCN(CCOC)c1cc(N)nc(C(C)C)n1. The van der Waals surface area contributed by atoms with Crippen LogP contribution in [0.15, 0.2) is 6.07 Å². The number of aromatic nitrogens is 2. The Morgan fingerprint density at radius 2 is 1.74 bits per heavy atom. The van der Waals surface area contributed by atoms with Crippen molar-refractivity contribution in [2.45, 2.75) is 19.8 Å². The Balaban J connectivity index is 2.92. The van der Waals surface area contributed by atoms with E-state index in [1.54, 1.807) is 20.3 Å². The number of anilines is 2. The van der Waals surface area contributed by atoms with Gasteiger partial charge in [0.15, 0.2) is 0 Å². The first-order chi connectivity index (χ1) is 9.08. The highest BCUT2D eigenvalue weighted by atomic mass is 16.5. The molecule has 1 aromatic rings. The van der Waals surface area contributed by atoms with E-state index in [4.69, 9.17) is 15.2 Å². The first kappa shape index (κ1) is 15.7. The minimum Gasteiger partial charge on any atom is -0.384 e. The maximum Gasteiger partial charge on any atom is 0.135 e. The molecule has 0 amide bonds. The van der Waals surface area contributed by atoms with Crippen LogP contribution in [0.3, 0.4) is 0 Å². The van der Waals surface area contributed by atoms with Crippen LogP contribution < -0.4 is 10.6 Å². The highest BCUT2D eigenvalue weighted by Gasteiger charge is 2.12. The van der Waals surface area contributed by atoms with Crippen LogP contribution in [0.2, 0.25) is 0 Å². The van der Waals surface area contributed by atoms with Gasteiger partial charge in [0.25, 0.3) is 0 Å². The van der Waals surface area contributed by atoms with Crippen LogP contribution in [0.4, 0.5) is 11.6 Å². The molecular weight excluding hydrogens is 244 g/mol. The van der Waals surface area contributed by atoms with Crippen LogP contribution in [-0.4, -0.2) is 50.5 Å². The van der Waals surface area contributed by atoms with Gasteiger partial charge in [0.05, 0.1) is 13.2 Å². The highest BCUT2D eigenvalue weighted by Crippen LogP contribution is 2.18. The highest BCUT2D eigenvalue weighted by molar-refractivity contribution is 5.47. The molecule has 0 spiro atoms. The summed E-state index contributed by atoms with van der Waals surface area (Å²) in [5.74, 6) is 2.32. The first-order valence-corrected chi connectivity index (χ1v) is 6.45. The summed E-state index contributed by atoms with van der Waals surface area (Å²) in [5, 5.41) is 0. The number of rotatable bonds is 8. The molecule has 6 nitrogen and oxygen atoms in total. The van der Waals surface area contributed by atoms with Crippen molar-refractivity contribution >= 4 is 11.6 Å². The molecule has 0 saturated carbocycles. The minimum atomic E-state index is 0.244. The van der Waals surface area contributed by atoms with Gasteiger partial charge < -0.3 is 20.1 Å². The van der Waals surface area contributed by atoms with Crippen molar-refractivity contribution in [3.8, 4) is 0 Å². The summed E-state index contributed by atoms with van der Waals surface area (Å²) in [5.41, 5.74) is 5.85. The molecule has 108 valence electrons. The summed E-state index contributed by atoms with van der Waals surface area (Å²) in [6.07, 6.45) is 0. The molecule has 0 radical (unpaired) electrons. The van der Waals surface area contributed by atoms with E-state index < -0.39 is 0 Å². The van der Waals surface area contributed by atoms with Gasteiger partial charge in [-0.25, -0.2) is 9.97 Å². The summed E-state index contributed by atoms with van der Waals surface area (Å²) >= 11 is 0. The van der Waals surface area contributed by atoms with Crippen molar-refractivity contribution in [1.82, 2.24) is 9.97 Å². The van der Waals surface area contributed by atoms with Gasteiger partial charge >= 0.3 is 0 Å². The Kier molecular flexibility index (Phi) is 6.52. The van der Waals surface area contributed by atoms with Crippen molar-refractivity contribution in [2.75, 3.05) is 51.2 Å². The van der Waals surface area contributed by atoms with Crippen molar-refractivity contribution in [3.05, 3.63) is 11.9 Å². The van der Waals surface area contributed by atoms with E-state index in [-0.39, 0.29) is 5.92 Å². The lowest BCUT2D eigenvalue weighted by molar-refractivity contribution is 0.190. The number of hydrogen-bond acceptors (Lipinski definition) is 6. The number of nitrogen functional groups attached to an aromatic ring is 1. The third-order valence-electron chi connectivity index (χ3n) is 2.72. The Hall–Kier alpha value is -1.40. The molecule has 19 heavy (non-hydrogen) atoms. The van der Waals surface area contributed by atoms with E-state index in [2.05, 4.69) is 14.9 Å². The van der Waals surface area contributed by atoms with Gasteiger partial charge in [-0.15, -0.1) is 0 Å². The van der Waals surface area contributed by atoms with Gasteiger partial charge in [-0.1, -0.05) is 13.8 Å². The van der Waals surface area contributed by atoms with Crippen LogP contribution in [0.25, 0.3) is 0 Å². The molecule has 0 atom stereocenters. The summed E-state index contributed by atoms with van der Waals surface area (Å²) < 4.78 is 10.2. The Labute approximate surface area is 114 Å². The zero-order valence-electron chi connectivity index (χ0n) is 12.2. The van der Waals surface area contributed by atoms with E-state index >= 15 is 0 Å². The second kappa shape index (κ2) is 7.91. The topological polar surface area (TPSA) is 73.5 Å². The fourth-order valence-corrected chi connectivity index (χ4v) is 1.64. The molecular formula is C13H24N4O2. The van der Waals surface area contributed by atoms with E-state index in [0.717, 1.165) is 24.7 Å². The number of methoxy groups -OCH3 is 2. The predicted octanol–water partition coefficient (Wildman–Crippen LogP) is 1.28. The van der Waals surface area contributed by atoms with Crippen molar-refractivity contribution in [1.29, 1.82) is 0 Å². The fourth-order valence-electron chi connectivity index (χ4n) is 1.64. The molecule has 0 aromatic carbocycles. The maximum absolute atomic E-state index is 5.85. The third-order valence-corrected chi connectivity index (χ3v) is 2.72. The van der Waals surface area contributed by atoms with E-state index in [0.29, 0.717) is 19.0 Å². The second-order valence-electron chi connectivity index (χ2n) is 4.64. The second-order valence-corrected chi connectivity index (χ2v) is 4.64. The average Bonchev–Trinajstić information content (AvgIpc) is 2.38. The number of nitrogens with two attached hydrogens (primary N) is 1. The Morgan fingerprint density at radius 3 is 2.21 bits per heavy atom. The average molecular weight is 268 g/mol. The van der Waals surface area contributed by atoms with Gasteiger partial charge in [0.1, 0.15) is 17.5 Å². The normalized spacial score (nSPS) is 11.0. The first-order valence-electron chi connectivity index (χ1n) is 6.45. The maximum atomic E-state index is 5.85. The third kappa shape index (κ3) is 5.00. The van der Waals surface area contributed by atoms with E-state index in [9.17, 15) is 0 Å². The molecule has 1 rings (SSSR count). The van der Waals surface area contributed by atoms with Crippen LogP contribution in [-0.2, 0) is 9.47 Å². The van der Waals surface area contributed by atoms with Gasteiger partial charge in [-0.2, -0.15) is 0 Å². The lowest BCUT2D eigenvalue weighted by Gasteiger charge is -2.24. The van der Waals surface area contributed by atoms with Crippen LogP contribution >= 0.6 is 0 Å². The molecule has 6 heteroatoms. The summed E-state index contributed by atoms with van der Waals surface area (Å²) in [6.45, 7) is 6.84. The minimum absolute atomic E-state index is 0.244. The molecule has 0 aliphatic carbocycles. The van der Waals surface area contributed by atoms with Gasteiger partial charge in [-0.3, -0.25) is 0 Å². The van der Waals surface area contributed by atoms with Crippen LogP contribution in [0.5, 0.6) is 0 Å². The molecule has 0 saturated heterocycles. The largest absolute Gasteiger partial charge is 0.384 e. The smallest absolute Gasteiger partial charge is 0.135 e. The zero-order chi connectivity index (χ0) is 14.3. The monoisotopic (exact) mass is 268 g/mol. The number of ether oxygens (including phenoxy) is 2. The lowest BCUT2D eigenvalue weighted by Crippen LogP contribution is -2.31. The number of nitrogens with zero attached hydrogens (tertiary/aromatic N) is 3. The molecule has 1 heterocycles. The fraction of sp³-hybridized carbons (Fsp3) is 0.692. The quantitative estimate of drug-likeness (QED) is 0.765. The molecule has 0 aliphatic heterocycles. The van der Waals surface area contributed by atoms with Gasteiger partial charge in [0, 0.05) is 39.3 Å². The summed E-state index contributed by atoms with van der Waals surface area (Å²) in [7, 11) is 3.37. The Bertz CT molecular complexity index is 377. The Morgan fingerprint density at radius 1 is 1.16 bits per heavy atom. The molecule has 0 bridgehead atoms. The summed E-state index contributed by atoms with van der Waals surface area (Å²) in [4.78, 5) is 10.9. The molecule has 2 N–H and O–H groups in total. The van der Waals surface area contributed by atoms with Crippen molar-refractivity contribution in [2.24, 2.45) is 0 Å². The number of hydrogen-bond donors (Lipinski definition) is 1. The standard InChI is InChI=1S/C13H24N4O2/c1-10(2)13-15-11(14)9-12(16-13)17(5-7-18-3)6-8-19-4/h9-10H,5-8H2,1-4H3,(H2,14,15,16).